The maximum Gasteiger partial charge on any atom is 0.234 e. The van der Waals surface area contributed by atoms with Gasteiger partial charge in [0.25, 0.3) is 0 Å². The van der Waals surface area contributed by atoms with Crippen LogP contribution in [0.3, 0.4) is 0 Å². The Labute approximate surface area is 118 Å². The molecule has 0 aliphatic carbocycles. The molecular formula is C15H18N2O3. The number of aryl methyl sites for hydroxylation is 1. The van der Waals surface area contributed by atoms with Crippen LogP contribution in [0.5, 0.6) is 0 Å². The first-order valence-corrected chi connectivity index (χ1v) is 6.90. The molecule has 106 valence electrons. The number of hydrogen-bond acceptors (Lipinski definition) is 4. The fourth-order valence-corrected chi connectivity index (χ4v) is 2.76. The van der Waals surface area contributed by atoms with Gasteiger partial charge in [0.05, 0.1) is 26.2 Å². The van der Waals surface area contributed by atoms with Crippen molar-refractivity contribution < 1.29 is 14.3 Å². The minimum absolute atomic E-state index is 0.00773. The highest BCUT2D eigenvalue weighted by Crippen LogP contribution is 2.28. The second kappa shape index (κ2) is 5.25. The molecule has 3 rings (SSSR count). The standard InChI is InChI=1S/C15H18N2O3/c1-11-8-12(16-4-6-20-7-5-16)2-3-14(11)17-10-13(18)9-15(17)19/h2-3,8H,4-7,9-10H2,1H3. The average Bonchev–Trinajstić information content (AvgIpc) is 2.78. The zero-order chi connectivity index (χ0) is 14.1. The lowest BCUT2D eigenvalue weighted by Crippen LogP contribution is -2.36. The van der Waals surface area contributed by atoms with Crippen LogP contribution in [-0.4, -0.2) is 44.5 Å². The van der Waals surface area contributed by atoms with E-state index in [-0.39, 0.29) is 24.7 Å². The fourth-order valence-electron chi connectivity index (χ4n) is 2.76. The van der Waals surface area contributed by atoms with Gasteiger partial charge in [-0.25, -0.2) is 0 Å². The van der Waals surface area contributed by atoms with Crippen LogP contribution in [0.25, 0.3) is 0 Å². The van der Waals surface area contributed by atoms with Crippen molar-refractivity contribution in [3.8, 4) is 0 Å². The number of anilines is 2. The Hall–Kier alpha value is -1.88. The number of Topliss-reactive ketones (excluding diaryl/α,β-unsaturated/α-hetero) is 1. The lowest BCUT2D eigenvalue weighted by atomic mass is 10.1. The first kappa shape index (κ1) is 13.1. The van der Waals surface area contributed by atoms with E-state index in [1.54, 1.807) is 4.90 Å². The smallest absolute Gasteiger partial charge is 0.234 e. The van der Waals surface area contributed by atoms with Crippen molar-refractivity contribution >= 4 is 23.1 Å². The van der Waals surface area contributed by atoms with Gasteiger partial charge in [0, 0.05) is 24.5 Å². The van der Waals surface area contributed by atoms with Crippen LogP contribution in [0.1, 0.15) is 12.0 Å². The van der Waals surface area contributed by atoms with Crippen LogP contribution < -0.4 is 9.80 Å². The van der Waals surface area contributed by atoms with Crippen molar-refractivity contribution in [3.05, 3.63) is 23.8 Å². The third kappa shape index (κ3) is 2.41. The molecule has 0 spiro atoms. The summed E-state index contributed by atoms with van der Waals surface area (Å²) in [4.78, 5) is 27.0. The van der Waals surface area contributed by atoms with E-state index in [0.717, 1.165) is 43.2 Å². The van der Waals surface area contributed by atoms with Gasteiger partial charge in [-0.3, -0.25) is 9.59 Å². The number of morpholine rings is 1. The number of amides is 1. The van der Waals surface area contributed by atoms with E-state index in [9.17, 15) is 9.59 Å². The van der Waals surface area contributed by atoms with Gasteiger partial charge in [-0.2, -0.15) is 0 Å². The van der Waals surface area contributed by atoms with E-state index in [2.05, 4.69) is 11.0 Å². The number of nitrogens with zero attached hydrogens (tertiary/aromatic N) is 2. The van der Waals surface area contributed by atoms with Gasteiger partial charge in [0.15, 0.2) is 5.78 Å². The van der Waals surface area contributed by atoms with Gasteiger partial charge in [0.2, 0.25) is 5.91 Å². The Balaban J connectivity index is 1.84. The number of rotatable bonds is 2. The zero-order valence-corrected chi connectivity index (χ0v) is 11.6. The molecule has 2 aliphatic rings. The quantitative estimate of drug-likeness (QED) is 0.759. The Bertz CT molecular complexity index is 550. The summed E-state index contributed by atoms with van der Waals surface area (Å²) in [5, 5.41) is 0. The Morgan fingerprint density at radius 3 is 2.50 bits per heavy atom. The van der Waals surface area contributed by atoms with Crippen molar-refractivity contribution in [1.29, 1.82) is 0 Å². The first-order chi connectivity index (χ1) is 9.65. The van der Waals surface area contributed by atoms with Crippen LogP contribution in [0.2, 0.25) is 0 Å². The molecule has 1 aromatic rings. The predicted molar refractivity (Wildman–Crippen MR) is 76.2 cm³/mol. The van der Waals surface area contributed by atoms with E-state index >= 15 is 0 Å². The molecule has 0 unspecified atom stereocenters. The van der Waals surface area contributed by atoms with Gasteiger partial charge < -0.3 is 14.5 Å². The Morgan fingerprint density at radius 2 is 1.90 bits per heavy atom. The highest BCUT2D eigenvalue weighted by molar-refractivity contribution is 6.15. The first-order valence-electron chi connectivity index (χ1n) is 6.90. The Morgan fingerprint density at radius 1 is 1.15 bits per heavy atom. The second-order valence-electron chi connectivity index (χ2n) is 5.27. The van der Waals surface area contributed by atoms with Gasteiger partial charge in [-0.15, -0.1) is 0 Å². The molecule has 1 amide bonds. The van der Waals surface area contributed by atoms with E-state index in [0.29, 0.717) is 0 Å². The van der Waals surface area contributed by atoms with Crippen LogP contribution in [0.4, 0.5) is 11.4 Å². The van der Waals surface area contributed by atoms with Crippen LogP contribution in [0.15, 0.2) is 18.2 Å². The molecular weight excluding hydrogens is 256 g/mol. The van der Waals surface area contributed by atoms with Gasteiger partial charge in [-0.05, 0) is 30.7 Å². The highest BCUT2D eigenvalue weighted by atomic mass is 16.5. The summed E-state index contributed by atoms with van der Waals surface area (Å²) >= 11 is 0. The summed E-state index contributed by atoms with van der Waals surface area (Å²) in [7, 11) is 0. The molecule has 2 aliphatic heterocycles. The van der Waals surface area contributed by atoms with Crippen molar-refractivity contribution in [3.63, 3.8) is 0 Å². The predicted octanol–water partition coefficient (Wildman–Crippen LogP) is 1.14. The number of hydrogen-bond donors (Lipinski definition) is 0. The lowest BCUT2D eigenvalue weighted by Gasteiger charge is -2.30. The minimum Gasteiger partial charge on any atom is -0.378 e. The van der Waals surface area contributed by atoms with Crippen LogP contribution in [-0.2, 0) is 14.3 Å². The SMILES string of the molecule is Cc1cc(N2CCOCC2)ccc1N1CC(=O)CC1=O. The van der Waals surface area contributed by atoms with Gasteiger partial charge in [0.1, 0.15) is 0 Å². The summed E-state index contributed by atoms with van der Waals surface area (Å²) < 4.78 is 5.35. The number of carbonyl (C=O) groups is 2. The summed E-state index contributed by atoms with van der Waals surface area (Å²) in [5.74, 6) is -0.108. The van der Waals surface area contributed by atoms with Crippen molar-refractivity contribution in [2.24, 2.45) is 0 Å². The normalized spacial score (nSPS) is 19.9. The summed E-state index contributed by atoms with van der Waals surface area (Å²) in [6, 6.07) is 6.04. The number of ether oxygens (including phenoxy) is 1. The molecule has 0 atom stereocenters. The summed E-state index contributed by atoms with van der Waals surface area (Å²) in [6.07, 6.45) is 0.0324. The highest BCUT2D eigenvalue weighted by Gasteiger charge is 2.29. The van der Waals surface area contributed by atoms with Gasteiger partial charge >= 0.3 is 0 Å². The molecule has 0 N–H and O–H groups in total. The van der Waals surface area contributed by atoms with Crippen molar-refractivity contribution in [2.45, 2.75) is 13.3 Å². The van der Waals surface area contributed by atoms with Gasteiger partial charge in [-0.1, -0.05) is 0 Å². The monoisotopic (exact) mass is 274 g/mol. The van der Waals surface area contributed by atoms with E-state index in [1.807, 2.05) is 19.1 Å². The second-order valence-corrected chi connectivity index (χ2v) is 5.27. The maximum absolute atomic E-state index is 11.8. The lowest BCUT2D eigenvalue weighted by molar-refractivity contribution is -0.121. The summed E-state index contributed by atoms with van der Waals surface area (Å²) in [6.45, 7) is 5.46. The molecule has 1 aromatic carbocycles. The molecule has 5 heteroatoms. The molecule has 0 saturated carbocycles. The minimum atomic E-state index is -0.0998. The average molecular weight is 274 g/mol. The van der Waals surface area contributed by atoms with E-state index < -0.39 is 0 Å². The maximum atomic E-state index is 11.8. The molecule has 2 saturated heterocycles. The number of ketones is 1. The number of benzene rings is 1. The third-order valence-corrected chi connectivity index (χ3v) is 3.83. The Kier molecular flexibility index (Phi) is 3.44. The molecule has 20 heavy (non-hydrogen) atoms. The topological polar surface area (TPSA) is 49.9 Å². The van der Waals surface area contributed by atoms with Crippen molar-refractivity contribution in [2.75, 3.05) is 42.6 Å². The van der Waals surface area contributed by atoms with E-state index in [4.69, 9.17) is 4.74 Å². The van der Waals surface area contributed by atoms with E-state index in [1.165, 1.54) is 0 Å². The van der Waals surface area contributed by atoms with Crippen LogP contribution in [0, 0.1) is 6.92 Å². The molecule has 0 aromatic heterocycles. The molecule has 2 fully saturated rings. The fraction of sp³-hybridized carbons (Fsp3) is 0.467. The molecule has 0 radical (unpaired) electrons. The molecule has 0 bridgehead atoms. The third-order valence-electron chi connectivity index (χ3n) is 3.83. The largest absolute Gasteiger partial charge is 0.378 e. The number of carbonyl (C=O) groups excluding carboxylic acids is 2. The molecule has 2 heterocycles. The van der Waals surface area contributed by atoms with Crippen LogP contribution >= 0.6 is 0 Å². The molecule has 5 nitrogen and oxygen atoms in total. The zero-order valence-electron chi connectivity index (χ0n) is 11.6. The van der Waals surface area contributed by atoms with Crippen molar-refractivity contribution in [1.82, 2.24) is 0 Å². The summed E-state index contributed by atoms with van der Waals surface area (Å²) in [5.41, 5.74) is 3.02.